The van der Waals surface area contributed by atoms with Crippen molar-refractivity contribution in [1.29, 1.82) is 0 Å². The number of likely N-dealkylation sites (N-methyl/N-ethyl adjacent to an activating group) is 1. The van der Waals surface area contributed by atoms with Crippen molar-refractivity contribution >= 4 is 17.4 Å². The highest BCUT2D eigenvalue weighted by Crippen LogP contribution is 2.30. The van der Waals surface area contributed by atoms with Crippen LogP contribution in [0.3, 0.4) is 0 Å². The molecule has 1 aromatic heterocycles. The minimum Gasteiger partial charge on any atom is -0.491 e. The van der Waals surface area contributed by atoms with Gasteiger partial charge in [-0.3, -0.25) is 0 Å². The van der Waals surface area contributed by atoms with E-state index >= 15 is 0 Å². The Morgan fingerprint density at radius 3 is 3.00 bits per heavy atom. The van der Waals surface area contributed by atoms with Crippen molar-refractivity contribution in [2.24, 2.45) is 0 Å². The number of nitrogens with zero attached hydrogens (tertiary/aromatic N) is 3. The number of ether oxygens (including phenoxy) is 2. The van der Waals surface area contributed by atoms with E-state index in [1.165, 1.54) is 0 Å². The minimum atomic E-state index is 0.0775. The predicted molar refractivity (Wildman–Crippen MR) is 76.7 cm³/mol. The summed E-state index contributed by atoms with van der Waals surface area (Å²) in [5.41, 5.74) is 0. The van der Waals surface area contributed by atoms with E-state index in [2.05, 4.69) is 9.97 Å². The van der Waals surface area contributed by atoms with Crippen molar-refractivity contribution in [1.82, 2.24) is 9.97 Å². The molecule has 0 amide bonds. The first-order chi connectivity index (χ1) is 9.74. The third kappa shape index (κ3) is 2.63. The molecule has 0 aliphatic carbocycles. The Labute approximate surface area is 122 Å². The molecule has 1 aliphatic heterocycles. The molecule has 0 saturated heterocycles. The van der Waals surface area contributed by atoms with Gasteiger partial charge < -0.3 is 14.4 Å². The van der Waals surface area contributed by atoms with Gasteiger partial charge in [-0.05, 0) is 23.7 Å². The fourth-order valence-electron chi connectivity index (χ4n) is 2.04. The average Bonchev–Trinajstić information content (AvgIpc) is 2.48. The Morgan fingerprint density at radius 1 is 1.40 bits per heavy atom. The van der Waals surface area contributed by atoms with Crippen LogP contribution in [-0.2, 0) is 0 Å². The Hall–Kier alpha value is -2.01. The number of benzene rings is 1. The summed E-state index contributed by atoms with van der Waals surface area (Å²) in [6, 6.07) is 9.77. The van der Waals surface area contributed by atoms with Gasteiger partial charge in [-0.25, -0.2) is 4.98 Å². The van der Waals surface area contributed by atoms with Crippen LogP contribution in [0.1, 0.15) is 0 Å². The maximum Gasteiger partial charge on any atom is 0.224 e. The zero-order chi connectivity index (χ0) is 13.9. The van der Waals surface area contributed by atoms with Crippen LogP contribution in [0.15, 0.2) is 36.5 Å². The van der Waals surface area contributed by atoms with Gasteiger partial charge in [0, 0.05) is 7.05 Å². The first kappa shape index (κ1) is 13.0. The summed E-state index contributed by atoms with van der Waals surface area (Å²) in [6.45, 7) is 1.04. The molecular formula is C14H14ClN3O2. The molecular weight excluding hydrogens is 278 g/mol. The minimum absolute atomic E-state index is 0.0775. The number of rotatable bonds is 3. The number of hydrogen-bond donors (Lipinski definition) is 0. The summed E-state index contributed by atoms with van der Waals surface area (Å²) in [7, 11) is 1.95. The lowest BCUT2D eigenvalue weighted by atomic mass is 10.2. The fourth-order valence-corrected chi connectivity index (χ4v) is 2.16. The zero-order valence-electron chi connectivity index (χ0n) is 11.0. The third-order valence-electron chi connectivity index (χ3n) is 3.21. The number of anilines is 1. The molecule has 1 aliphatic rings. The maximum absolute atomic E-state index is 5.83. The molecule has 1 aromatic carbocycles. The van der Waals surface area contributed by atoms with Crippen LogP contribution >= 0.6 is 11.6 Å². The van der Waals surface area contributed by atoms with Gasteiger partial charge in [0.05, 0.1) is 12.2 Å². The van der Waals surface area contributed by atoms with Crippen LogP contribution in [0.25, 0.3) is 0 Å². The fraction of sp³-hybridized carbons (Fsp3) is 0.286. The second-order valence-electron chi connectivity index (χ2n) is 4.53. The summed E-state index contributed by atoms with van der Waals surface area (Å²) in [5, 5.41) is 0.212. The molecule has 0 N–H and O–H groups in total. The van der Waals surface area contributed by atoms with Crippen molar-refractivity contribution in [2.45, 2.75) is 6.04 Å². The maximum atomic E-state index is 5.83. The molecule has 0 spiro atoms. The Morgan fingerprint density at radius 2 is 2.20 bits per heavy atom. The molecule has 0 fully saturated rings. The van der Waals surface area contributed by atoms with E-state index in [0.29, 0.717) is 24.8 Å². The summed E-state index contributed by atoms with van der Waals surface area (Å²) in [4.78, 5) is 10.1. The molecule has 0 radical (unpaired) electrons. The largest absolute Gasteiger partial charge is 0.491 e. The first-order valence-electron chi connectivity index (χ1n) is 6.30. The number of halogens is 1. The van der Waals surface area contributed by atoms with Crippen molar-refractivity contribution in [3.05, 3.63) is 41.8 Å². The van der Waals surface area contributed by atoms with Crippen LogP contribution in [0.4, 0.5) is 5.82 Å². The number of aromatic nitrogens is 2. The molecule has 6 heteroatoms. The molecule has 20 heavy (non-hydrogen) atoms. The molecule has 104 valence electrons. The number of hydrogen-bond acceptors (Lipinski definition) is 5. The quantitative estimate of drug-likeness (QED) is 0.813. The lowest BCUT2D eigenvalue weighted by Gasteiger charge is -2.34. The highest BCUT2D eigenvalue weighted by molar-refractivity contribution is 6.28. The predicted octanol–water partition coefficient (Wildman–Crippen LogP) is 2.41. The van der Waals surface area contributed by atoms with E-state index in [4.69, 9.17) is 21.1 Å². The van der Waals surface area contributed by atoms with Gasteiger partial charge in [0.15, 0.2) is 11.6 Å². The van der Waals surface area contributed by atoms with E-state index in [-0.39, 0.29) is 11.3 Å². The normalized spacial score (nSPS) is 17.3. The van der Waals surface area contributed by atoms with E-state index < -0.39 is 0 Å². The van der Waals surface area contributed by atoms with Gasteiger partial charge in [0.1, 0.15) is 19.0 Å². The molecule has 3 rings (SSSR count). The van der Waals surface area contributed by atoms with Crippen LogP contribution < -0.4 is 14.4 Å². The van der Waals surface area contributed by atoms with E-state index in [1.807, 2.05) is 42.3 Å². The van der Waals surface area contributed by atoms with E-state index in [1.54, 1.807) is 6.20 Å². The average molecular weight is 292 g/mol. The zero-order valence-corrected chi connectivity index (χ0v) is 11.7. The van der Waals surface area contributed by atoms with Gasteiger partial charge >= 0.3 is 0 Å². The van der Waals surface area contributed by atoms with Gasteiger partial charge in [-0.2, -0.15) is 4.98 Å². The van der Waals surface area contributed by atoms with Gasteiger partial charge in [0.25, 0.3) is 0 Å². The Bertz CT molecular complexity index is 594. The Balaban J connectivity index is 1.70. The lowest BCUT2D eigenvalue weighted by Crippen LogP contribution is -2.44. The van der Waals surface area contributed by atoms with Crippen LogP contribution in [0.5, 0.6) is 11.5 Å². The van der Waals surface area contributed by atoms with E-state index in [9.17, 15) is 0 Å². The summed E-state index contributed by atoms with van der Waals surface area (Å²) >= 11 is 5.83. The molecule has 2 heterocycles. The smallest absolute Gasteiger partial charge is 0.224 e. The molecule has 1 atom stereocenters. The molecule has 0 bridgehead atoms. The van der Waals surface area contributed by atoms with E-state index in [0.717, 1.165) is 5.75 Å². The van der Waals surface area contributed by atoms with Gasteiger partial charge in [0.2, 0.25) is 5.28 Å². The highest BCUT2D eigenvalue weighted by Gasteiger charge is 2.27. The monoisotopic (exact) mass is 291 g/mol. The second-order valence-corrected chi connectivity index (χ2v) is 4.86. The number of para-hydroxylation sites is 1. The first-order valence-corrected chi connectivity index (χ1v) is 6.68. The lowest BCUT2D eigenvalue weighted by molar-refractivity contribution is 0.202. The summed E-state index contributed by atoms with van der Waals surface area (Å²) < 4.78 is 11.4. The molecule has 0 saturated carbocycles. The highest BCUT2D eigenvalue weighted by atomic mass is 35.5. The Kier molecular flexibility index (Phi) is 3.60. The van der Waals surface area contributed by atoms with Crippen molar-refractivity contribution in [3.8, 4) is 11.5 Å². The van der Waals surface area contributed by atoms with Crippen molar-refractivity contribution in [2.75, 3.05) is 25.2 Å². The number of fused-ring (bicyclic) bond motifs is 1. The van der Waals surface area contributed by atoms with Crippen LogP contribution in [0.2, 0.25) is 5.28 Å². The molecule has 2 aromatic rings. The summed E-state index contributed by atoms with van der Waals surface area (Å²) in [5.74, 6) is 2.18. The summed E-state index contributed by atoms with van der Waals surface area (Å²) in [6.07, 6.45) is 1.59. The van der Waals surface area contributed by atoms with Gasteiger partial charge in [-0.1, -0.05) is 18.2 Å². The van der Waals surface area contributed by atoms with Crippen LogP contribution in [0, 0.1) is 0 Å². The van der Waals surface area contributed by atoms with Crippen LogP contribution in [-0.4, -0.2) is 36.3 Å². The van der Waals surface area contributed by atoms with Crippen molar-refractivity contribution < 1.29 is 9.47 Å². The second kappa shape index (κ2) is 5.54. The molecule has 0 unspecified atom stereocenters. The van der Waals surface area contributed by atoms with Gasteiger partial charge in [-0.15, -0.1) is 0 Å². The molecule has 5 nitrogen and oxygen atoms in total. The topological polar surface area (TPSA) is 47.5 Å². The van der Waals surface area contributed by atoms with Crippen molar-refractivity contribution in [3.63, 3.8) is 0 Å². The SMILES string of the molecule is CN1c2nc(Cl)ncc2OC[C@H]1COc1ccccc1. The standard InChI is InChI=1S/C14H14ClN3O2/c1-18-10(8-19-11-5-3-2-4-6-11)9-20-12-7-16-14(15)17-13(12)18/h2-7,10H,8-9H2,1H3/t10-/m1/s1. The third-order valence-corrected chi connectivity index (χ3v) is 3.39.